The van der Waals surface area contributed by atoms with Gasteiger partial charge in [0.1, 0.15) is 0 Å². The molecular formula is C17H19Cl2N. The molecule has 2 aromatic rings. The van der Waals surface area contributed by atoms with E-state index in [0.717, 1.165) is 17.0 Å². The Morgan fingerprint density at radius 2 is 1.70 bits per heavy atom. The molecule has 2 rings (SSSR count). The summed E-state index contributed by atoms with van der Waals surface area (Å²) in [5, 5.41) is 4.81. The van der Waals surface area contributed by atoms with Crippen molar-refractivity contribution >= 4 is 23.2 Å². The smallest absolute Gasteiger partial charge is 0.0454 e. The Labute approximate surface area is 130 Å². The molecule has 0 aromatic heterocycles. The predicted octanol–water partition coefficient (Wildman–Crippen LogP) is 5.11. The molecule has 0 bridgehead atoms. The molecule has 0 heterocycles. The van der Waals surface area contributed by atoms with Gasteiger partial charge in [-0.15, -0.1) is 0 Å². The summed E-state index contributed by atoms with van der Waals surface area (Å²) in [5.41, 5.74) is 5.03. The molecule has 0 aliphatic heterocycles. The highest BCUT2D eigenvalue weighted by atomic mass is 35.5. The van der Waals surface area contributed by atoms with E-state index in [2.05, 4.69) is 37.4 Å². The van der Waals surface area contributed by atoms with Crippen LogP contribution in [0.4, 0.5) is 0 Å². The molecule has 0 fully saturated rings. The number of benzene rings is 2. The third-order valence-corrected chi connectivity index (χ3v) is 4.31. The summed E-state index contributed by atoms with van der Waals surface area (Å²) < 4.78 is 0. The van der Waals surface area contributed by atoms with Crippen LogP contribution in [0, 0.1) is 13.8 Å². The molecule has 1 unspecified atom stereocenters. The van der Waals surface area contributed by atoms with Gasteiger partial charge in [-0.25, -0.2) is 0 Å². The van der Waals surface area contributed by atoms with Crippen LogP contribution in [0.1, 0.15) is 28.3 Å². The summed E-state index contributed by atoms with van der Waals surface area (Å²) in [6.07, 6.45) is 0.898. The number of hydrogen-bond donors (Lipinski definition) is 1. The fourth-order valence-electron chi connectivity index (χ4n) is 2.52. The van der Waals surface area contributed by atoms with E-state index in [4.69, 9.17) is 23.2 Å². The fourth-order valence-corrected chi connectivity index (χ4v) is 2.95. The third-order valence-electron chi connectivity index (χ3n) is 3.73. The zero-order valence-electron chi connectivity index (χ0n) is 12.0. The van der Waals surface area contributed by atoms with E-state index < -0.39 is 0 Å². The molecule has 106 valence electrons. The van der Waals surface area contributed by atoms with Gasteiger partial charge in [-0.1, -0.05) is 41.4 Å². The minimum atomic E-state index is 0.154. The Balaban J connectivity index is 2.36. The highest BCUT2D eigenvalue weighted by Gasteiger charge is 2.16. The number of rotatable bonds is 4. The first-order valence-electron chi connectivity index (χ1n) is 6.70. The van der Waals surface area contributed by atoms with E-state index in [9.17, 15) is 0 Å². The van der Waals surface area contributed by atoms with Crippen molar-refractivity contribution in [3.8, 4) is 0 Å². The van der Waals surface area contributed by atoms with E-state index >= 15 is 0 Å². The fraction of sp³-hybridized carbons (Fsp3) is 0.294. The Bertz CT molecular complexity index is 588. The molecule has 1 atom stereocenters. The van der Waals surface area contributed by atoms with Crippen molar-refractivity contribution in [3.05, 3.63) is 68.7 Å². The van der Waals surface area contributed by atoms with Gasteiger partial charge in [0.15, 0.2) is 0 Å². The average Bonchev–Trinajstić information content (AvgIpc) is 2.42. The molecule has 1 nitrogen and oxygen atoms in total. The lowest BCUT2D eigenvalue weighted by Crippen LogP contribution is -2.20. The highest BCUT2D eigenvalue weighted by molar-refractivity contribution is 6.33. The van der Waals surface area contributed by atoms with Gasteiger partial charge >= 0.3 is 0 Å². The molecule has 1 N–H and O–H groups in total. The van der Waals surface area contributed by atoms with Gasteiger partial charge in [0.25, 0.3) is 0 Å². The first-order valence-corrected chi connectivity index (χ1v) is 7.46. The van der Waals surface area contributed by atoms with Crippen molar-refractivity contribution in [2.75, 3.05) is 7.05 Å². The second-order valence-electron chi connectivity index (χ2n) is 5.08. The molecule has 3 heteroatoms. The first kappa shape index (κ1) is 15.4. The summed E-state index contributed by atoms with van der Waals surface area (Å²) in [6, 6.07) is 12.2. The van der Waals surface area contributed by atoms with E-state index in [1.165, 1.54) is 16.7 Å². The zero-order valence-corrected chi connectivity index (χ0v) is 13.5. The average molecular weight is 308 g/mol. The van der Waals surface area contributed by atoms with Crippen molar-refractivity contribution < 1.29 is 0 Å². The maximum absolute atomic E-state index is 6.32. The monoisotopic (exact) mass is 307 g/mol. The first-order chi connectivity index (χ1) is 9.52. The molecule has 0 saturated carbocycles. The van der Waals surface area contributed by atoms with Crippen molar-refractivity contribution in [2.45, 2.75) is 26.3 Å². The summed E-state index contributed by atoms with van der Waals surface area (Å²) >= 11 is 12.4. The van der Waals surface area contributed by atoms with E-state index in [1.807, 2.05) is 25.2 Å². The summed E-state index contributed by atoms with van der Waals surface area (Å²) in [7, 11) is 1.95. The maximum Gasteiger partial charge on any atom is 0.0454 e. The summed E-state index contributed by atoms with van der Waals surface area (Å²) in [5.74, 6) is 0. The number of halogens is 2. The van der Waals surface area contributed by atoms with Crippen LogP contribution in [-0.4, -0.2) is 7.05 Å². The quantitative estimate of drug-likeness (QED) is 0.827. The Kier molecular flexibility index (Phi) is 5.09. The van der Waals surface area contributed by atoms with E-state index in [1.54, 1.807) is 0 Å². The normalized spacial score (nSPS) is 12.4. The van der Waals surface area contributed by atoms with Gasteiger partial charge in [0.2, 0.25) is 0 Å². The largest absolute Gasteiger partial charge is 0.313 e. The van der Waals surface area contributed by atoms with Crippen molar-refractivity contribution in [3.63, 3.8) is 0 Å². The predicted molar refractivity (Wildman–Crippen MR) is 87.9 cm³/mol. The number of hydrogen-bond acceptors (Lipinski definition) is 1. The Morgan fingerprint density at radius 3 is 2.30 bits per heavy atom. The molecule has 0 amide bonds. The zero-order chi connectivity index (χ0) is 14.7. The van der Waals surface area contributed by atoms with Gasteiger partial charge in [0, 0.05) is 16.1 Å². The standard InChI is InChI=1S/C17H19Cl2N/c1-11-5-4-6-12(2)14(11)10-17(20-3)15-9-13(18)7-8-16(15)19/h4-9,17,20H,10H2,1-3H3. The Morgan fingerprint density at radius 1 is 1.05 bits per heavy atom. The second kappa shape index (κ2) is 6.62. The van der Waals surface area contributed by atoms with Crippen LogP contribution in [-0.2, 0) is 6.42 Å². The molecule has 0 aliphatic carbocycles. The number of likely N-dealkylation sites (N-methyl/N-ethyl adjacent to an activating group) is 1. The lowest BCUT2D eigenvalue weighted by molar-refractivity contribution is 0.589. The van der Waals surface area contributed by atoms with Crippen molar-refractivity contribution in [1.29, 1.82) is 0 Å². The number of nitrogens with one attached hydrogen (secondary N) is 1. The maximum atomic E-state index is 6.32. The van der Waals surface area contributed by atoms with Crippen LogP contribution in [0.3, 0.4) is 0 Å². The van der Waals surface area contributed by atoms with Crippen LogP contribution in [0.5, 0.6) is 0 Å². The van der Waals surface area contributed by atoms with Crippen LogP contribution in [0.2, 0.25) is 10.0 Å². The van der Waals surface area contributed by atoms with Crippen LogP contribution < -0.4 is 5.32 Å². The minimum absolute atomic E-state index is 0.154. The van der Waals surface area contributed by atoms with Gasteiger partial charge in [0.05, 0.1) is 0 Å². The van der Waals surface area contributed by atoms with Crippen LogP contribution in [0.25, 0.3) is 0 Å². The molecule has 0 aliphatic rings. The molecule has 0 saturated heterocycles. The van der Waals surface area contributed by atoms with Gasteiger partial charge < -0.3 is 5.32 Å². The van der Waals surface area contributed by atoms with Crippen LogP contribution >= 0.6 is 23.2 Å². The SMILES string of the molecule is CNC(Cc1c(C)cccc1C)c1cc(Cl)ccc1Cl. The van der Waals surface area contributed by atoms with E-state index in [0.29, 0.717) is 5.02 Å². The molecular weight excluding hydrogens is 289 g/mol. The lowest BCUT2D eigenvalue weighted by atomic mass is 9.93. The third kappa shape index (κ3) is 3.35. The summed E-state index contributed by atoms with van der Waals surface area (Å²) in [4.78, 5) is 0. The Hall–Kier alpha value is -1.02. The van der Waals surface area contributed by atoms with Gasteiger partial charge in [-0.05, 0) is 67.8 Å². The van der Waals surface area contributed by atoms with Gasteiger partial charge in [-0.3, -0.25) is 0 Å². The van der Waals surface area contributed by atoms with Gasteiger partial charge in [-0.2, -0.15) is 0 Å². The van der Waals surface area contributed by atoms with Crippen molar-refractivity contribution in [2.24, 2.45) is 0 Å². The highest BCUT2D eigenvalue weighted by Crippen LogP contribution is 2.29. The van der Waals surface area contributed by atoms with E-state index in [-0.39, 0.29) is 6.04 Å². The lowest BCUT2D eigenvalue weighted by Gasteiger charge is -2.21. The molecule has 20 heavy (non-hydrogen) atoms. The minimum Gasteiger partial charge on any atom is -0.313 e. The topological polar surface area (TPSA) is 12.0 Å². The van der Waals surface area contributed by atoms with Crippen LogP contribution in [0.15, 0.2) is 36.4 Å². The summed E-state index contributed by atoms with van der Waals surface area (Å²) in [6.45, 7) is 4.29. The molecule has 0 radical (unpaired) electrons. The van der Waals surface area contributed by atoms with Crippen molar-refractivity contribution in [1.82, 2.24) is 5.32 Å². The number of aryl methyl sites for hydroxylation is 2. The molecule has 2 aromatic carbocycles. The second-order valence-corrected chi connectivity index (χ2v) is 5.93. The molecule has 0 spiro atoms.